The lowest BCUT2D eigenvalue weighted by Gasteiger charge is -2.37. The van der Waals surface area contributed by atoms with Gasteiger partial charge in [-0.3, -0.25) is 9.48 Å². The number of carbonyl (C=O) groups is 1. The molecular weight excluding hydrogens is 362 g/mol. The van der Waals surface area contributed by atoms with Gasteiger partial charge in [-0.15, -0.1) is 0 Å². The molecule has 27 heavy (non-hydrogen) atoms. The Balaban J connectivity index is 1.79. The van der Waals surface area contributed by atoms with Crippen LogP contribution < -0.4 is 5.32 Å². The second-order valence-electron chi connectivity index (χ2n) is 7.55. The van der Waals surface area contributed by atoms with Crippen molar-refractivity contribution < 1.29 is 9.53 Å². The molecule has 1 aliphatic rings. The van der Waals surface area contributed by atoms with Gasteiger partial charge in [0.1, 0.15) is 0 Å². The van der Waals surface area contributed by atoms with E-state index in [2.05, 4.69) is 24.3 Å². The van der Waals surface area contributed by atoms with Gasteiger partial charge in [-0.2, -0.15) is 5.10 Å². The van der Waals surface area contributed by atoms with Crippen molar-refractivity contribution >= 4 is 17.5 Å². The number of amides is 1. The fourth-order valence-electron chi connectivity index (χ4n) is 3.97. The molecule has 146 valence electrons. The van der Waals surface area contributed by atoms with Gasteiger partial charge in [-0.1, -0.05) is 23.7 Å². The monoisotopic (exact) mass is 389 g/mol. The first kappa shape index (κ1) is 19.9. The summed E-state index contributed by atoms with van der Waals surface area (Å²) in [7, 11) is 1.95. The van der Waals surface area contributed by atoms with E-state index in [4.69, 9.17) is 16.3 Å². The number of hydrogen-bond donors (Lipinski definition) is 1. The van der Waals surface area contributed by atoms with Gasteiger partial charge in [-0.25, -0.2) is 0 Å². The first-order valence-electron chi connectivity index (χ1n) is 9.47. The Hall–Kier alpha value is -1.85. The maximum absolute atomic E-state index is 13.4. The molecule has 0 radical (unpaired) electrons. The van der Waals surface area contributed by atoms with Crippen LogP contribution in [0.1, 0.15) is 42.3 Å². The van der Waals surface area contributed by atoms with Crippen LogP contribution in [-0.4, -0.2) is 34.9 Å². The van der Waals surface area contributed by atoms with E-state index in [1.54, 1.807) is 0 Å². The van der Waals surface area contributed by atoms with Gasteiger partial charge in [0.15, 0.2) is 0 Å². The maximum Gasteiger partial charge on any atom is 0.231 e. The van der Waals surface area contributed by atoms with Crippen molar-refractivity contribution in [1.82, 2.24) is 15.1 Å². The smallest absolute Gasteiger partial charge is 0.231 e. The van der Waals surface area contributed by atoms with E-state index >= 15 is 0 Å². The molecule has 0 spiro atoms. The Kier molecular flexibility index (Phi) is 5.92. The summed E-state index contributed by atoms with van der Waals surface area (Å²) >= 11 is 6.05. The van der Waals surface area contributed by atoms with Crippen LogP contribution >= 0.6 is 11.6 Å². The predicted octanol–water partition coefficient (Wildman–Crippen LogP) is 3.49. The van der Waals surface area contributed by atoms with Crippen LogP contribution in [-0.2, 0) is 28.4 Å². The number of nitrogens with one attached hydrogen (secondary N) is 1. The summed E-state index contributed by atoms with van der Waals surface area (Å²) in [6, 6.07) is 7.66. The molecule has 2 aromatic rings. The third-order valence-electron chi connectivity index (χ3n) is 5.72. The lowest BCUT2D eigenvalue weighted by Crippen LogP contribution is -2.50. The molecule has 1 saturated heterocycles. The minimum atomic E-state index is -0.559. The number of nitrogens with zero attached hydrogens (tertiary/aromatic N) is 2. The number of carbonyl (C=O) groups excluding carboxylic acids is 1. The zero-order valence-electron chi connectivity index (χ0n) is 16.5. The zero-order chi connectivity index (χ0) is 19.6. The average Bonchev–Trinajstić information content (AvgIpc) is 2.89. The van der Waals surface area contributed by atoms with Crippen molar-refractivity contribution in [2.75, 3.05) is 13.2 Å². The van der Waals surface area contributed by atoms with Crippen LogP contribution in [0.2, 0.25) is 5.02 Å². The van der Waals surface area contributed by atoms with Gasteiger partial charge in [-0.05, 0) is 63.3 Å². The molecule has 1 atom stereocenters. The summed E-state index contributed by atoms with van der Waals surface area (Å²) < 4.78 is 7.43. The summed E-state index contributed by atoms with van der Waals surface area (Å²) in [5.41, 5.74) is 3.82. The van der Waals surface area contributed by atoms with Crippen molar-refractivity contribution in [2.24, 2.45) is 7.05 Å². The topological polar surface area (TPSA) is 56.2 Å². The van der Waals surface area contributed by atoms with E-state index in [0.29, 0.717) is 31.1 Å². The Morgan fingerprint density at radius 2 is 1.93 bits per heavy atom. The Bertz CT molecular complexity index is 808. The molecule has 1 aromatic heterocycles. The van der Waals surface area contributed by atoms with Gasteiger partial charge >= 0.3 is 0 Å². The number of ether oxygens (including phenoxy) is 1. The molecule has 0 unspecified atom stereocenters. The number of hydrogen-bond acceptors (Lipinski definition) is 3. The van der Waals surface area contributed by atoms with Crippen molar-refractivity contribution in [3.63, 3.8) is 0 Å². The van der Waals surface area contributed by atoms with Crippen molar-refractivity contribution in [2.45, 2.75) is 51.5 Å². The van der Waals surface area contributed by atoms with Crippen LogP contribution in [0.3, 0.4) is 0 Å². The highest BCUT2D eigenvalue weighted by Gasteiger charge is 2.42. The highest BCUT2D eigenvalue weighted by atomic mass is 35.5. The lowest BCUT2D eigenvalue weighted by molar-refractivity contribution is -0.131. The summed E-state index contributed by atoms with van der Waals surface area (Å²) in [6.07, 6.45) is 2.13. The molecule has 1 aromatic carbocycles. The highest BCUT2D eigenvalue weighted by Crippen LogP contribution is 2.36. The molecule has 0 bridgehead atoms. The number of aromatic nitrogens is 2. The van der Waals surface area contributed by atoms with E-state index in [9.17, 15) is 4.79 Å². The molecule has 1 N–H and O–H groups in total. The largest absolute Gasteiger partial charge is 0.381 e. The minimum Gasteiger partial charge on any atom is -0.381 e. The van der Waals surface area contributed by atoms with Gasteiger partial charge in [0.25, 0.3) is 0 Å². The summed E-state index contributed by atoms with van der Waals surface area (Å²) in [5, 5.41) is 8.41. The number of benzene rings is 1. The van der Waals surface area contributed by atoms with Gasteiger partial charge in [0.05, 0.1) is 11.1 Å². The number of rotatable bonds is 5. The van der Waals surface area contributed by atoms with E-state index in [0.717, 1.165) is 23.4 Å². The molecule has 2 heterocycles. The SMILES string of the molecule is Cc1nn(C)c(C)c1C[C@H](C)NC(=O)C1(c2ccc(Cl)cc2)CCOCC1. The van der Waals surface area contributed by atoms with Gasteiger partial charge in [0.2, 0.25) is 5.91 Å². The first-order valence-corrected chi connectivity index (χ1v) is 9.85. The molecule has 1 aliphatic heterocycles. The number of halogens is 1. The van der Waals surface area contributed by atoms with E-state index in [-0.39, 0.29) is 11.9 Å². The standard InChI is InChI=1S/C21H28ClN3O2/c1-14(13-19-15(2)24-25(4)16(19)3)23-20(26)21(9-11-27-12-10-21)17-5-7-18(22)8-6-17/h5-8,14H,9-13H2,1-4H3,(H,23,26)/t14-/m0/s1. The molecule has 5 nitrogen and oxygen atoms in total. The molecular formula is C21H28ClN3O2. The fourth-order valence-corrected chi connectivity index (χ4v) is 4.09. The maximum atomic E-state index is 13.4. The minimum absolute atomic E-state index is 0.0196. The Morgan fingerprint density at radius 1 is 1.30 bits per heavy atom. The average molecular weight is 390 g/mol. The van der Waals surface area contributed by atoms with E-state index in [1.807, 2.05) is 42.9 Å². The second kappa shape index (κ2) is 8.03. The van der Waals surface area contributed by atoms with Gasteiger partial charge in [0, 0.05) is 37.0 Å². The molecule has 1 amide bonds. The fraction of sp³-hybridized carbons (Fsp3) is 0.524. The molecule has 6 heteroatoms. The van der Waals surface area contributed by atoms with E-state index < -0.39 is 5.41 Å². The van der Waals surface area contributed by atoms with E-state index in [1.165, 1.54) is 5.56 Å². The first-order chi connectivity index (χ1) is 12.8. The second-order valence-corrected chi connectivity index (χ2v) is 7.99. The van der Waals surface area contributed by atoms with Crippen LogP contribution in [0.5, 0.6) is 0 Å². The molecule has 1 fully saturated rings. The normalized spacial score (nSPS) is 17.5. The quantitative estimate of drug-likeness (QED) is 0.851. The van der Waals surface area contributed by atoms with Gasteiger partial charge < -0.3 is 10.1 Å². The number of aryl methyl sites for hydroxylation is 2. The van der Waals surface area contributed by atoms with Crippen LogP contribution in [0.4, 0.5) is 0 Å². The third-order valence-corrected chi connectivity index (χ3v) is 5.98. The molecule has 0 aliphatic carbocycles. The van der Waals surface area contributed by atoms with Crippen LogP contribution in [0.25, 0.3) is 0 Å². The zero-order valence-corrected chi connectivity index (χ0v) is 17.3. The van der Waals surface area contributed by atoms with Crippen LogP contribution in [0.15, 0.2) is 24.3 Å². The highest BCUT2D eigenvalue weighted by molar-refractivity contribution is 6.30. The Labute approximate surface area is 166 Å². The van der Waals surface area contributed by atoms with Crippen molar-refractivity contribution in [3.05, 3.63) is 51.8 Å². The predicted molar refractivity (Wildman–Crippen MR) is 107 cm³/mol. The summed E-state index contributed by atoms with van der Waals surface area (Å²) in [4.78, 5) is 13.4. The van der Waals surface area contributed by atoms with Crippen molar-refractivity contribution in [1.29, 1.82) is 0 Å². The van der Waals surface area contributed by atoms with Crippen LogP contribution in [0, 0.1) is 13.8 Å². The third kappa shape index (κ3) is 4.04. The molecule has 0 saturated carbocycles. The van der Waals surface area contributed by atoms with Crippen molar-refractivity contribution in [3.8, 4) is 0 Å². The molecule has 3 rings (SSSR count). The Morgan fingerprint density at radius 3 is 2.48 bits per heavy atom. The lowest BCUT2D eigenvalue weighted by atomic mass is 9.73. The summed E-state index contributed by atoms with van der Waals surface area (Å²) in [5.74, 6) is 0.0693. The summed E-state index contributed by atoms with van der Waals surface area (Å²) in [6.45, 7) is 7.32.